The molecule has 0 aliphatic heterocycles. The number of aromatic nitrogens is 1. The molecule has 1 heterocycles. The average Bonchev–Trinajstić information content (AvgIpc) is 2.90. The van der Waals surface area contributed by atoms with Gasteiger partial charge in [0, 0.05) is 22.0 Å². The van der Waals surface area contributed by atoms with E-state index in [-0.39, 0.29) is 11.4 Å². The van der Waals surface area contributed by atoms with Gasteiger partial charge in [-0.05, 0) is 56.1 Å². The first kappa shape index (κ1) is 14.8. The van der Waals surface area contributed by atoms with Gasteiger partial charge in [0.2, 0.25) is 0 Å². The van der Waals surface area contributed by atoms with Gasteiger partial charge in [0.1, 0.15) is 0 Å². The van der Waals surface area contributed by atoms with Crippen LogP contribution < -0.4 is 0 Å². The zero-order chi connectivity index (χ0) is 16.0. The number of esters is 1. The molecule has 3 nitrogen and oxygen atoms in total. The Morgan fingerprint density at radius 1 is 1.35 bits per heavy atom. The molecule has 1 saturated carbocycles. The molecule has 1 N–H and O–H groups in total. The van der Waals surface area contributed by atoms with Crippen LogP contribution in [0, 0.1) is 5.92 Å². The molecule has 0 amide bonds. The predicted molar refractivity (Wildman–Crippen MR) is 91.6 cm³/mol. The van der Waals surface area contributed by atoms with Gasteiger partial charge in [-0.1, -0.05) is 25.1 Å². The molecular formula is C20H25NO2. The lowest BCUT2D eigenvalue weighted by atomic mass is 9.52. The maximum absolute atomic E-state index is 12.2. The second kappa shape index (κ2) is 5.40. The van der Waals surface area contributed by atoms with Gasteiger partial charge in [0.05, 0.1) is 13.0 Å². The third-order valence-electron chi connectivity index (χ3n) is 6.13. The van der Waals surface area contributed by atoms with Crippen LogP contribution in [0.3, 0.4) is 0 Å². The Labute approximate surface area is 137 Å². The third-order valence-corrected chi connectivity index (χ3v) is 6.13. The van der Waals surface area contributed by atoms with Gasteiger partial charge in [-0.2, -0.15) is 0 Å². The Morgan fingerprint density at radius 3 is 2.91 bits per heavy atom. The first-order valence-corrected chi connectivity index (χ1v) is 8.98. The summed E-state index contributed by atoms with van der Waals surface area (Å²) in [6.45, 7) is 4.56. The van der Waals surface area contributed by atoms with E-state index in [1.165, 1.54) is 40.6 Å². The fraction of sp³-hybridized carbons (Fsp3) is 0.550. The van der Waals surface area contributed by atoms with Gasteiger partial charge < -0.3 is 9.72 Å². The summed E-state index contributed by atoms with van der Waals surface area (Å²) in [5.74, 6) is 0.594. The van der Waals surface area contributed by atoms with E-state index in [1.54, 1.807) is 0 Å². The molecule has 122 valence electrons. The number of hydrogen-bond donors (Lipinski definition) is 1. The zero-order valence-electron chi connectivity index (χ0n) is 14.1. The van der Waals surface area contributed by atoms with Crippen LogP contribution in [0.25, 0.3) is 10.9 Å². The van der Waals surface area contributed by atoms with Crippen LogP contribution in [0.2, 0.25) is 0 Å². The number of aromatic amines is 1. The van der Waals surface area contributed by atoms with Gasteiger partial charge in [0.15, 0.2) is 0 Å². The molecule has 1 aromatic heterocycles. The summed E-state index contributed by atoms with van der Waals surface area (Å²) in [5.41, 5.74) is 5.46. The van der Waals surface area contributed by atoms with Crippen molar-refractivity contribution >= 4 is 16.9 Å². The summed E-state index contributed by atoms with van der Waals surface area (Å²) < 4.78 is 5.27. The van der Waals surface area contributed by atoms with Gasteiger partial charge in [0.25, 0.3) is 0 Å². The van der Waals surface area contributed by atoms with Crippen LogP contribution in [0.1, 0.15) is 56.4 Å². The number of para-hydroxylation sites is 1. The highest BCUT2D eigenvalue weighted by molar-refractivity contribution is 5.88. The van der Waals surface area contributed by atoms with E-state index in [0.29, 0.717) is 18.9 Å². The topological polar surface area (TPSA) is 42.1 Å². The van der Waals surface area contributed by atoms with Crippen molar-refractivity contribution in [2.45, 2.75) is 57.8 Å². The number of carbonyl (C=O) groups is 1. The largest absolute Gasteiger partial charge is 0.466 e. The molecule has 0 unspecified atom stereocenters. The van der Waals surface area contributed by atoms with Crippen LogP contribution in [-0.2, 0) is 27.8 Å². The number of rotatable bonds is 4. The molecular weight excluding hydrogens is 286 g/mol. The minimum atomic E-state index is -0.0422. The molecule has 1 fully saturated rings. The van der Waals surface area contributed by atoms with Crippen molar-refractivity contribution < 1.29 is 9.53 Å². The predicted octanol–water partition coefficient (Wildman–Crippen LogP) is 4.28. The Morgan fingerprint density at radius 2 is 2.22 bits per heavy atom. The lowest BCUT2D eigenvalue weighted by molar-refractivity contribution is -0.147. The fourth-order valence-corrected chi connectivity index (χ4v) is 4.87. The molecule has 0 saturated heterocycles. The monoisotopic (exact) mass is 311 g/mol. The molecule has 0 radical (unpaired) electrons. The van der Waals surface area contributed by atoms with Gasteiger partial charge in [-0.15, -0.1) is 0 Å². The van der Waals surface area contributed by atoms with Crippen molar-refractivity contribution in [1.29, 1.82) is 0 Å². The Bertz CT molecular complexity index is 760. The summed E-state index contributed by atoms with van der Waals surface area (Å²) in [6.07, 6.45) is 6.26. The van der Waals surface area contributed by atoms with Crippen molar-refractivity contribution in [3.63, 3.8) is 0 Å². The number of carbonyl (C=O) groups excluding carboxylic acids is 1. The van der Waals surface area contributed by atoms with E-state index in [2.05, 4.69) is 30.1 Å². The molecule has 3 heteroatoms. The lowest BCUT2D eigenvalue weighted by Gasteiger charge is -2.52. The molecule has 0 spiro atoms. The van der Waals surface area contributed by atoms with Gasteiger partial charge >= 0.3 is 5.97 Å². The van der Waals surface area contributed by atoms with E-state index >= 15 is 0 Å². The summed E-state index contributed by atoms with van der Waals surface area (Å²) in [7, 11) is 0. The van der Waals surface area contributed by atoms with Crippen LogP contribution in [0.4, 0.5) is 0 Å². The number of ether oxygens (including phenoxy) is 1. The highest BCUT2D eigenvalue weighted by Gasteiger charge is 2.53. The molecule has 23 heavy (non-hydrogen) atoms. The highest BCUT2D eigenvalue weighted by Crippen LogP contribution is 2.57. The minimum absolute atomic E-state index is 0.00384. The van der Waals surface area contributed by atoms with Crippen molar-refractivity contribution in [2.24, 2.45) is 5.92 Å². The Kier molecular flexibility index (Phi) is 3.47. The molecule has 2 atom stereocenters. The summed E-state index contributed by atoms with van der Waals surface area (Å²) >= 11 is 0. The summed E-state index contributed by atoms with van der Waals surface area (Å²) in [4.78, 5) is 16.0. The zero-order valence-corrected chi connectivity index (χ0v) is 14.1. The van der Waals surface area contributed by atoms with Crippen molar-refractivity contribution in [2.75, 3.05) is 6.61 Å². The van der Waals surface area contributed by atoms with Crippen molar-refractivity contribution in [3.8, 4) is 0 Å². The average molecular weight is 311 g/mol. The second-order valence-electron chi connectivity index (χ2n) is 7.08. The first-order chi connectivity index (χ1) is 11.2. The molecule has 2 aliphatic carbocycles. The SMILES string of the molecule is CCOC(=O)C[C@@]12CC[C@@H]1CCc1c2[nH]c2c(CC)cccc12. The minimum Gasteiger partial charge on any atom is -0.466 e. The number of fused-ring (bicyclic) bond motifs is 5. The van der Waals surface area contributed by atoms with Crippen LogP contribution in [0.5, 0.6) is 0 Å². The summed E-state index contributed by atoms with van der Waals surface area (Å²) in [5, 5.41) is 1.37. The maximum atomic E-state index is 12.2. The van der Waals surface area contributed by atoms with Crippen molar-refractivity contribution in [1.82, 2.24) is 4.98 Å². The van der Waals surface area contributed by atoms with Gasteiger partial charge in [-0.25, -0.2) is 0 Å². The number of aryl methyl sites for hydroxylation is 2. The standard InChI is InChI=1S/C20H25NO2/c1-3-13-6-5-7-15-16-9-8-14-10-11-20(14,12-17(22)23-4-2)19(16)21-18(13)15/h5-7,14,21H,3-4,8-12H2,1-2H3/t14-,20-/m0/s1. The summed E-state index contributed by atoms with van der Waals surface area (Å²) in [6, 6.07) is 6.61. The Hall–Kier alpha value is -1.77. The molecule has 4 rings (SSSR count). The molecule has 0 bridgehead atoms. The molecule has 2 aromatic rings. The van der Waals surface area contributed by atoms with E-state index in [1.807, 2.05) is 6.92 Å². The van der Waals surface area contributed by atoms with Crippen LogP contribution in [-0.4, -0.2) is 17.6 Å². The number of nitrogens with one attached hydrogen (secondary N) is 1. The van der Waals surface area contributed by atoms with Gasteiger partial charge in [-0.3, -0.25) is 4.79 Å². The maximum Gasteiger partial charge on any atom is 0.306 e. The fourth-order valence-electron chi connectivity index (χ4n) is 4.87. The van der Waals surface area contributed by atoms with E-state index in [4.69, 9.17) is 4.74 Å². The number of benzene rings is 1. The van der Waals surface area contributed by atoms with E-state index < -0.39 is 0 Å². The van der Waals surface area contributed by atoms with Crippen LogP contribution >= 0.6 is 0 Å². The highest BCUT2D eigenvalue weighted by atomic mass is 16.5. The van der Waals surface area contributed by atoms with E-state index in [9.17, 15) is 4.79 Å². The number of H-pyrrole nitrogens is 1. The third kappa shape index (κ3) is 2.05. The molecule has 1 aromatic carbocycles. The quantitative estimate of drug-likeness (QED) is 0.856. The second-order valence-corrected chi connectivity index (χ2v) is 7.08. The number of hydrogen-bond acceptors (Lipinski definition) is 2. The lowest BCUT2D eigenvalue weighted by Crippen LogP contribution is -2.49. The van der Waals surface area contributed by atoms with E-state index in [0.717, 1.165) is 19.3 Å². The Balaban J connectivity index is 1.83. The smallest absolute Gasteiger partial charge is 0.306 e. The van der Waals surface area contributed by atoms with Crippen molar-refractivity contribution in [3.05, 3.63) is 35.0 Å². The normalized spacial score (nSPS) is 25.6. The van der Waals surface area contributed by atoms with Crippen LogP contribution in [0.15, 0.2) is 18.2 Å². The first-order valence-electron chi connectivity index (χ1n) is 8.98. The molecule has 2 aliphatic rings.